The van der Waals surface area contributed by atoms with Gasteiger partial charge in [-0.2, -0.15) is 0 Å². The van der Waals surface area contributed by atoms with E-state index >= 15 is 0 Å². The van der Waals surface area contributed by atoms with Crippen LogP contribution in [0.5, 0.6) is 0 Å². The lowest BCUT2D eigenvalue weighted by Gasteiger charge is -2.36. The first-order valence-electron chi connectivity index (χ1n) is 7.73. The highest BCUT2D eigenvalue weighted by Crippen LogP contribution is 2.38. The van der Waals surface area contributed by atoms with Gasteiger partial charge in [0.05, 0.1) is 0 Å². The summed E-state index contributed by atoms with van der Waals surface area (Å²) in [5.74, 6) is 0.210. The number of nitrogens with zero attached hydrogens (tertiary/aromatic N) is 1. The molecule has 1 aliphatic carbocycles. The minimum Gasteiger partial charge on any atom is -0.341 e. The van der Waals surface area contributed by atoms with E-state index < -0.39 is 0 Å². The first-order valence-corrected chi connectivity index (χ1v) is 8.52. The fraction of sp³-hybridized carbons (Fsp3) is 0.588. The number of hydrogen-bond donors (Lipinski definition) is 1. The topological polar surface area (TPSA) is 46.3 Å². The van der Waals surface area contributed by atoms with Gasteiger partial charge in [-0.3, -0.25) is 4.79 Å². The van der Waals surface area contributed by atoms with Crippen LogP contribution < -0.4 is 5.73 Å². The molecule has 0 spiro atoms. The van der Waals surface area contributed by atoms with Crippen molar-refractivity contribution in [1.82, 2.24) is 4.90 Å². The third kappa shape index (κ3) is 4.55. The van der Waals surface area contributed by atoms with Gasteiger partial charge in [-0.25, -0.2) is 0 Å². The summed E-state index contributed by atoms with van der Waals surface area (Å²) in [7, 11) is 1.89. The van der Waals surface area contributed by atoms with Crippen molar-refractivity contribution in [2.75, 3.05) is 13.6 Å². The Bertz CT molecular complexity index is 483. The van der Waals surface area contributed by atoms with Gasteiger partial charge in [0.1, 0.15) is 0 Å². The predicted molar refractivity (Wildman–Crippen MR) is 89.8 cm³/mol. The maximum absolute atomic E-state index is 12.5. The Morgan fingerprint density at radius 3 is 2.67 bits per heavy atom. The Kier molecular flexibility index (Phi) is 5.82. The number of carbonyl (C=O) groups is 1. The van der Waals surface area contributed by atoms with Crippen molar-refractivity contribution < 1.29 is 4.79 Å². The van der Waals surface area contributed by atoms with Crippen LogP contribution in [-0.4, -0.2) is 24.4 Å². The summed E-state index contributed by atoms with van der Waals surface area (Å²) < 4.78 is 1.05. The molecule has 0 saturated heterocycles. The van der Waals surface area contributed by atoms with Crippen molar-refractivity contribution in [3.05, 3.63) is 34.3 Å². The lowest BCUT2D eigenvalue weighted by molar-refractivity contribution is -0.133. The Labute approximate surface area is 136 Å². The normalized spacial score (nSPS) is 17.5. The highest BCUT2D eigenvalue weighted by atomic mass is 79.9. The molecule has 0 aliphatic heterocycles. The van der Waals surface area contributed by atoms with Crippen LogP contribution in [0.2, 0.25) is 0 Å². The van der Waals surface area contributed by atoms with Gasteiger partial charge >= 0.3 is 0 Å². The number of carbonyl (C=O) groups excluding carboxylic acids is 1. The van der Waals surface area contributed by atoms with E-state index in [1.165, 1.54) is 19.3 Å². The second-order valence-electron chi connectivity index (χ2n) is 6.32. The van der Waals surface area contributed by atoms with Gasteiger partial charge in [-0.05, 0) is 42.5 Å². The largest absolute Gasteiger partial charge is 0.341 e. The van der Waals surface area contributed by atoms with E-state index in [0.29, 0.717) is 19.5 Å². The first kappa shape index (κ1) is 16.5. The summed E-state index contributed by atoms with van der Waals surface area (Å²) in [6, 6.07) is 8.11. The van der Waals surface area contributed by atoms with Crippen molar-refractivity contribution in [3.63, 3.8) is 0 Å². The zero-order valence-electron chi connectivity index (χ0n) is 12.8. The van der Waals surface area contributed by atoms with Crippen LogP contribution >= 0.6 is 15.9 Å². The molecule has 1 aromatic carbocycles. The van der Waals surface area contributed by atoms with Crippen LogP contribution in [-0.2, 0) is 11.3 Å². The van der Waals surface area contributed by atoms with Gasteiger partial charge in [0, 0.05) is 24.5 Å². The predicted octanol–water partition coefficient (Wildman–Crippen LogP) is 3.71. The van der Waals surface area contributed by atoms with Crippen LogP contribution in [0.4, 0.5) is 0 Å². The Morgan fingerprint density at radius 1 is 1.33 bits per heavy atom. The minimum absolute atomic E-state index is 0.0425. The molecule has 1 saturated carbocycles. The molecule has 0 unspecified atom stereocenters. The number of benzene rings is 1. The summed E-state index contributed by atoms with van der Waals surface area (Å²) in [6.45, 7) is 1.28. The van der Waals surface area contributed by atoms with Gasteiger partial charge in [0.2, 0.25) is 5.91 Å². The monoisotopic (exact) mass is 352 g/mol. The average Bonchev–Trinajstić information content (AvgIpc) is 2.48. The van der Waals surface area contributed by atoms with Crippen LogP contribution in [0.25, 0.3) is 0 Å². The molecule has 1 fully saturated rings. The molecule has 0 aromatic heterocycles. The number of halogens is 1. The molecule has 2 rings (SSSR count). The quantitative estimate of drug-likeness (QED) is 0.877. The maximum Gasteiger partial charge on any atom is 0.223 e. The van der Waals surface area contributed by atoms with Crippen LogP contribution in [0.15, 0.2) is 28.7 Å². The van der Waals surface area contributed by atoms with Crippen molar-refractivity contribution in [1.29, 1.82) is 0 Å². The molecular formula is C17H25BrN2O. The van der Waals surface area contributed by atoms with Crippen molar-refractivity contribution >= 4 is 21.8 Å². The van der Waals surface area contributed by atoms with Gasteiger partial charge in [0.15, 0.2) is 0 Å². The third-order valence-electron chi connectivity index (χ3n) is 4.61. The van der Waals surface area contributed by atoms with E-state index in [9.17, 15) is 4.79 Å². The summed E-state index contributed by atoms with van der Waals surface area (Å²) >= 11 is 3.47. The van der Waals surface area contributed by atoms with E-state index in [1.54, 1.807) is 0 Å². The third-order valence-corrected chi connectivity index (χ3v) is 5.10. The highest BCUT2D eigenvalue weighted by Gasteiger charge is 2.33. The second kappa shape index (κ2) is 7.41. The van der Waals surface area contributed by atoms with E-state index in [-0.39, 0.29) is 11.3 Å². The molecule has 21 heavy (non-hydrogen) atoms. The molecule has 1 aliphatic rings. The molecule has 1 amide bonds. The van der Waals surface area contributed by atoms with Crippen molar-refractivity contribution in [2.45, 2.75) is 45.1 Å². The smallest absolute Gasteiger partial charge is 0.223 e. The molecule has 0 heterocycles. The second-order valence-corrected chi connectivity index (χ2v) is 7.24. The van der Waals surface area contributed by atoms with Gasteiger partial charge in [-0.1, -0.05) is 47.3 Å². The number of hydrogen-bond acceptors (Lipinski definition) is 2. The number of amides is 1. The molecule has 0 bridgehead atoms. The van der Waals surface area contributed by atoms with Gasteiger partial charge < -0.3 is 10.6 Å². The zero-order chi connectivity index (χ0) is 15.3. The van der Waals surface area contributed by atoms with Crippen molar-refractivity contribution in [2.24, 2.45) is 11.1 Å². The SMILES string of the molecule is CN(Cc1cccc(Br)c1)C(=O)CC1(CN)CCCCC1. The van der Waals surface area contributed by atoms with Gasteiger partial charge in [-0.15, -0.1) is 0 Å². The fourth-order valence-corrected chi connectivity index (χ4v) is 3.65. The molecule has 2 N–H and O–H groups in total. The zero-order valence-corrected chi connectivity index (χ0v) is 14.4. The van der Waals surface area contributed by atoms with E-state index in [4.69, 9.17) is 5.73 Å². The lowest BCUT2D eigenvalue weighted by Crippen LogP contribution is -2.39. The lowest BCUT2D eigenvalue weighted by atomic mass is 9.71. The highest BCUT2D eigenvalue weighted by molar-refractivity contribution is 9.10. The molecule has 1 aromatic rings. The maximum atomic E-state index is 12.5. The summed E-state index contributed by atoms with van der Waals surface area (Å²) in [5, 5.41) is 0. The molecule has 0 radical (unpaired) electrons. The molecular weight excluding hydrogens is 328 g/mol. The number of nitrogens with two attached hydrogens (primary N) is 1. The summed E-state index contributed by atoms with van der Waals surface area (Å²) in [5.41, 5.74) is 7.17. The Hall–Kier alpha value is -0.870. The van der Waals surface area contributed by atoms with Crippen LogP contribution in [0.1, 0.15) is 44.1 Å². The van der Waals surface area contributed by atoms with Crippen LogP contribution in [0, 0.1) is 5.41 Å². The molecule has 0 atom stereocenters. The van der Waals surface area contributed by atoms with Gasteiger partial charge in [0.25, 0.3) is 0 Å². The molecule has 4 heteroatoms. The Morgan fingerprint density at radius 2 is 2.05 bits per heavy atom. The van der Waals surface area contributed by atoms with E-state index in [0.717, 1.165) is 22.9 Å². The molecule has 116 valence electrons. The first-order chi connectivity index (χ1) is 10.0. The minimum atomic E-state index is 0.0425. The molecule has 3 nitrogen and oxygen atoms in total. The van der Waals surface area contributed by atoms with E-state index in [2.05, 4.69) is 22.0 Å². The van der Waals surface area contributed by atoms with E-state index in [1.807, 2.05) is 30.1 Å². The summed E-state index contributed by atoms with van der Waals surface area (Å²) in [4.78, 5) is 14.4. The standard InChI is InChI=1S/C17H25BrN2O/c1-20(12-14-6-5-7-15(18)10-14)16(21)11-17(13-19)8-3-2-4-9-17/h5-7,10H,2-4,8-9,11-13,19H2,1H3. The van der Waals surface area contributed by atoms with Crippen molar-refractivity contribution in [3.8, 4) is 0 Å². The number of rotatable bonds is 5. The van der Waals surface area contributed by atoms with Crippen LogP contribution in [0.3, 0.4) is 0 Å². The fourth-order valence-electron chi connectivity index (χ4n) is 3.21. The Balaban J connectivity index is 1.95. The summed E-state index contributed by atoms with van der Waals surface area (Å²) in [6.07, 6.45) is 6.48. The average molecular weight is 353 g/mol.